The molecule has 1 heterocycles. The molecule has 2 aliphatic rings. The number of halogens is 1. The number of carbonyl (C=O) groups is 1. The Labute approximate surface area is 162 Å². The molecular formula is C17H30IN5O. The van der Waals surface area contributed by atoms with E-state index in [4.69, 9.17) is 6.42 Å². The van der Waals surface area contributed by atoms with E-state index >= 15 is 0 Å². The van der Waals surface area contributed by atoms with Crippen LogP contribution in [0.3, 0.4) is 0 Å². The van der Waals surface area contributed by atoms with Gasteiger partial charge in [0.05, 0.1) is 13.1 Å². The van der Waals surface area contributed by atoms with E-state index in [1.54, 1.807) is 0 Å². The molecule has 0 aromatic rings. The second-order valence-electron chi connectivity index (χ2n) is 6.11. The van der Waals surface area contributed by atoms with Crippen molar-refractivity contribution in [3.63, 3.8) is 0 Å². The molecule has 6 nitrogen and oxygen atoms in total. The maximum absolute atomic E-state index is 12.2. The topological polar surface area (TPSA) is 60.0 Å². The molecule has 1 saturated heterocycles. The first-order valence-electron chi connectivity index (χ1n) is 8.71. The number of hydrogen-bond acceptors (Lipinski definition) is 3. The predicted molar refractivity (Wildman–Crippen MR) is 109 cm³/mol. The van der Waals surface area contributed by atoms with Gasteiger partial charge < -0.3 is 15.5 Å². The molecule has 1 aliphatic heterocycles. The summed E-state index contributed by atoms with van der Waals surface area (Å²) in [6.07, 6.45) is 8.65. The second kappa shape index (κ2) is 11.5. The van der Waals surface area contributed by atoms with Crippen LogP contribution in [-0.4, -0.2) is 74.0 Å². The summed E-state index contributed by atoms with van der Waals surface area (Å²) in [5, 5.41) is 6.26. The van der Waals surface area contributed by atoms with E-state index in [9.17, 15) is 4.79 Å². The molecule has 24 heavy (non-hydrogen) atoms. The van der Waals surface area contributed by atoms with E-state index in [0.29, 0.717) is 18.4 Å². The molecule has 0 unspecified atom stereocenters. The van der Waals surface area contributed by atoms with Crippen LogP contribution < -0.4 is 10.6 Å². The van der Waals surface area contributed by atoms with E-state index in [-0.39, 0.29) is 24.0 Å². The van der Waals surface area contributed by atoms with Gasteiger partial charge in [0.15, 0.2) is 5.96 Å². The number of rotatable bonds is 6. The fourth-order valence-electron chi connectivity index (χ4n) is 2.88. The Morgan fingerprint density at radius 1 is 1.25 bits per heavy atom. The molecule has 0 aromatic heterocycles. The van der Waals surface area contributed by atoms with Gasteiger partial charge in [-0.25, -0.2) is 0 Å². The lowest BCUT2D eigenvalue weighted by molar-refractivity contribution is -0.139. The summed E-state index contributed by atoms with van der Waals surface area (Å²) in [4.78, 5) is 21.2. The zero-order valence-corrected chi connectivity index (χ0v) is 16.9. The van der Waals surface area contributed by atoms with Crippen LogP contribution in [0.5, 0.6) is 0 Å². The first-order valence-corrected chi connectivity index (χ1v) is 8.71. The van der Waals surface area contributed by atoms with Crippen molar-refractivity contribution in [3.8, 4) is 12.3 Å². The molecule has 7 heteroatoms. The van der Waals surface area contributed by atoms with Crippen LogP contribution in [0.25, 0.3) is 0 Å². The SMILES string of the molecule is C#CCNC(=NCCN1CCN(C(=O)C2CCC2)CC1)NCC.I. The Morgan fingerprint density at radius 3 is 2.50 bits per heavy atom. The molecule has 0 spiro atoms. The molecule has 0 radical (unpaired) electrons. The molecule has 1 amide bonds. The van der Waals surface area contributed by atoms with E-state index in [0.717, 1.165) is 64.6 Å². The van der Waals surface area contributed by atoms with Crippen molar-refractivity contribution in [2.24, 2.45) is 10.9 Å². The third-order valence-corrected chi connectivity index (χ3v) is 4.53. The van der Waals surface area contributed by atoms with Crippen molar-refractivity contribution >= 4 is 35.8 Å². The highest BCUT2D eigenvalue weighted by molar-refractivity contribution is 14.0. The number of nitrogens with zero attached hydrogens (tertiary/aromatic N) is 3. The van der Waals surface area contributed by atoms with Crippen molar-refractivity contribution in [2.75, 3.05) is 52.4 Å². The van der Waals surface area contributed by atoms with Gasteiger partial charge in [-0.2, -0.15) is 0 Å². The average Bonchev–Trinajstić information content (AvgIpc) is 2.51. The monoisotopic (exact) mass is 447 g/mol. The van der Waals surface area contributed by atoms with Gasteiger partial charge in [0.2, 0.25) is 5.91 Å². The highest BCUT2D eigenvalue weighted by Gasteiger charge is 2.30. The van der Waals surface area contributed by atoms with Crippen molar-refractivity contribution in [3.05, 3.63) is 0 Å². The average molecular weight is 447 g/mol. The van der Waals surface area contributed by atoms with Crippen LogP contribution in [0.2, 0.25) is 0 Å². The minimum atomic E-state index is 0. The fraction of sp³-hybridized carbons (Fsp3) is 0.765. The van der Waals surface area contributed by atoms with Crippen LogP contribution in [-0.2, 0) is 4.79 Å². The largest absolute Gasteiger partial charge is 0.357 e. The number of carbonyl (C=O) groups excluding carboxylic acids is 1. The van der Waals surface area contributed by atoms with Gasteiger partial charge in [0.1, 0.15) is 0 Å². The van der Waals surface area contributed by atoms with Crippen molar-refractivity contribution in [2.45, 2.75) is 26.2 Å². The summed E-state index contributed by atoms with van der Waals surface area (Å²) < 4.78 is 0. The molecule has 2 rings (SSSR count). The molecule has 2 fully saturated rings. The Bertz CT molecular complexity index is 450. The molecule has 0 atom stereocenters. The van der Waals surface area contributed by atoms with Gasteiger partial charge >= 0.3 is 0 Å². The summed E-state index contributed by atoms with van der Waals surface area (Å²) in [7, 11) is 0. The van der Waals surface area contributed by atoms with Crippen LogP contribution in [0.15, 0.2) is 4.99 Å². The summed E-state index contributed by atoms with van der Waals surface area (Å²) in [5.74, 6) is 4.01. The van der Waals surface area contributed by atoms with Crippen molar-refractivity contribution < 1.29 is 4.79 Å². The van der Waals surface area contributed by atoms with Gasteiger partial charge in [0, 0.05) is 45.2 Å². The second-order valence-corrected chi connectivity index (χ2v) is 6.11. The number of hydrogen-bond donors (Lipinski definition) is 2. The quantitative estimate of drug-likeness (QED) is 0.273. The molecule has 0 bridgehead atoms. The number of guanidine groups is 1. The Balaban J connectivity index is 0.00000288. The lowest BCUT2D eigenvalue weighted by atomic mass is 9.84. The van der Waals surface area contributed by atoms with E-state index in [2.05, 4.69) is 26.4 Å². The minimum Gasteiger partial charge on any atom is -0.357 e. The van der Waals surface area contributed by atoms with Gasteiger partial charge in [0.25, 0.3) is 0 Å². The third kappa shape index (κ3) is 6.48. The van der Waals surface area contributed by atoms with E-state index in [1.165, 1.54) is 6.42 Å². The molecule has 1 saturated carbocycles. The summed E-state index contributed by atoms with van der Waals surface area (Å²) in [5.41, 5.74) is 0. The molecule has 2 N–H and O–H groups in total. The van der Waals surface area contributed by atoms with Crippen LogP contribution in [0.4, 0.5) is 0 Å². The van der Waals surface area contributed by atoms with E-state index < -0.39 is 0 Å². The summed E-state index contributed by atoms with van der Waals surface area (Å²) in [6.45, 7) is 8.58. The zero-order chi connectivity index (χ0) is 16.5. The summed E-state index contributed by atoms with van der Waals surface area (Å²) in [6, 6.07) is 0. The Morgan fingerprint density at radius 2 is 1.96 bits per heavy atom. The Hall–Kier alpha value is -1.01. The lowest BCUT2D eigenvalue weighted by Crippen LogP contribution is -2.51. The van der Waals surface area contributed by atoms with Gasteiger partial charge in [-0.3, -0.25) is 14.7 Å². The Kier molecular flexibility index (Phi) is 10.1. The molecule has 0 aromatic carbocycles. The summed E-state index contributed by atoms with van der Waals surface area (Å²) >= 11 is 0. The number of aliphatic imine (C=N–C) groups is 1. The highest BCUT2D eigenvalue weighted by atomic mass is 127. The number of piperazine rings is 1. The zero-order valence-electron chi connectivity index (χ0n) is 14.6. The maximum atomic E-state index is 12.2. The van der Waals surface area contributed by atoms with Crippen LogP contribution in [0.1, 0.15) is 26.2 Å². The van der Waals surface area contributed by atoms with Crippen LogP contribution in [0, 0.1) is 18.3 Å². The van der Waals surface area contributed by atoms with Crippen molar-refractivity contribution in [1.82, 2.24) is 20.4 Å². The minimum absolute atomic E-state index is 0. The predicted octanol–water partition coefficient (Wildman–Crippen LogP) is 0.737. The smallest absolute Gasteiger partial charge is 0.225 e. The standard InChI is InChI=1S/C17H29N5O.HI/c1-3-8-19-17(18-4-2)20-9-10-21-11-13-22(14-12-21)16(23)15-6-5-7-15;/h1,15H,4-14H2,2H3,(H2,18,19,20);1H. The lowest BCUT2D eigenvalue weighted by Gasteiger charge is -2.38. The van der Waals surface area contributed by atoms with Gasteiger partial charge in [-0.1, -0.05) is 12.3 Å². The third-order valence-electron chi connectivity index (χ3n) is 4.53. The normalized spacial score (nSPS) is 19.0. The first-order chi connectivity index (χ1) is 11.2. The number of terminal acetylenes is 1. The highest BCUT2D eigenvalue weighted by Crippen LogP contribution is 2.28. The van der Waals surface area contributed by atoms with Gasteiger partial charge in [-0.05, 0) is 19.8 Å². The molecule has 136 valence electrons. The molecule has 1 aliphatic carbocycles. The maximum Gasteiger partial charge on any atom is 0.225 e. The fourth-order valence-corrected chi connectivity index (χ4v) is 2.88. The van der Waals surface area contributed by atoms with Crippen molar-refractivity contribution in [1.29, 1.82) is 0 Å². The van der Waals surface area contributed by atoms with E-state index in [1.807, 2.05) is 11.8 Å². The number of nitrogens with one attached hydrogen (secondary N) is 2. The first kappa shape index (κ1) is 21.0. The molecular weight excluding hydrogens is 417 g/mol. The van der Waals surface area contributed by atoms with Crippen LogP contribution >= 0.6 is 24.0 Å². The van der Waals surface area contributed by atoms with Gasteiger partial charge in [-0.15, -0.1) is 30.4 Å². The number of amides is 1.